The molecule has 0 aliphatic rings. The number of sulfonamides is 1. The first-order valence-corrected chi connectivity index (χ1v) is 11.9. The normalized spacial score (nSPS) is 12.4. The van der Waals surface area contributed by atoms with E-state index in [-0.39, 0.29) is 11.0 Å². The quantitative estimate of drug-likeness (QED) is 0.504. The molecule has 0 saturated carbocycles. The summed E-state index contributed by atoms with van der Waals surface area (Å²) in [5.74, 6) is 1.30. The highest BCUT2D eigenvalue weighted by atomic mass is 32.2. The molecule has 2 aromatic carbocycles. The van der Waals surface area contributed by atoms with E-state index in [4.69, 9.17) is 15.2 Å². The van der Waals surface area contributed by atoms with E-state index in [1.165, 1.54) is 28.9 Å². The maximum Gasteiger partial charge on any atom is 0.231 e. The summed E-state index contributed by atoms with van der Waals surface area (Å²) in [7, 11) is 1.34. The minimum atomic E-state index is -3.39. The summed E-state index contributed by atoms with van der Waals surface area (Å²) >= 11 is 1.28. The number of anilines is 1. The van der Waals surface area contributed by atoms with Crippen LogP contribution < -0.4 is 13.8 Å². The lowest BCUT2D eigenvalue weighted by atomic mass is 9.89. The Hall–Kier alpha value is -2.78. The lowest BCUT2D eigenvalue weighted by Crippen LogP contribution is -2.25. The van der Waals surface area contributed by atoms with E-state index in [0.717, 1.165) is 22.6 Å². The molecular weight excluding hydrogens is 422 g/mol. The number of methoxy groups -OCH3 is 2. The molecule has 3 aromatic rings. The zero-order valence-electron chi connectivity index (χ0n) is 17.2. The van der Waals surface area contributed by atoms with Gasteiger partial charge < -0.3 is 20.2 Å². The van der Waals surface area contributed by atoms with E-state index in [1.807, 2.05) is 35.7 Å². The van der Waals surface area contributed by atoms with Gasteiger partial charge in [0.05, 0.1) is 26.2 Å². The molecule has 0 amide bonds. The Morgan fingerprint density at radius 2 is 1.83 bits per heavy atom. The molecule has 1 heterocycles. The van der Waals surface area contributed by atoms with Gasteiger partial charge in [-0.3, -0.25) is 4.31 Å². The van der Waals surface area contributed by atoms with Gasteiger partial charge in [0.25, 0.3) is 0 Å². The molecule has 1 aromatic heterocycles. The predicted octanol–water partition coefficient (Wildman–Crippen LogP) is 4.61. The average molecular weight is 447 g/mol. The number of nitrogens with zero attached hydrogens (tertiary/aromatic N) is 2. The number of hydrogen-bond donors (Lipinski definition) is 0. The fraction of sp³-hybridized carbons (Fsp3) is 0.286. The van der Waals surface area contributed by atoms with E-state index in [2.05, 4.69) is 4.98 Å². The molecule has 0 aliphatic heterocycles. The smallest absolute Gasteiger partial charge is 0.231 e. The monoisotopic (exact) mass is 446 g/mol. The second-order valence-electron chi connectivity index (χ2n) is 6.83. The van der Waals surface area contributed by atoms with Crippen molar-refractivity contribution in [2.24, 2.45) is 0 Å². The molecule has 0 bridgehead atoms. The van der Waals surface area contributed by atoms with Gasteiger partial charge in [-0.1, -0.05) is 12.1 Å². The third kappa shape index (κ3) is 4.85. The fourth-order valence-corrected chi connectivity index (χ4v) is 4.31. The van der Waals surface area contributed by atoms with E-state index in [9.17, 15) is 8.42 Å². The van der Waals surface area contributed by atoms with Crippen molar-refractivity contribution in [3.05, 3.63) is 70.4 Å². The van der Waals surface area contributed by atoms with Crippen molar-refractivity contribution in [1.29, 1.82) is 0 Å². The van der Waals surface area contributed by atoms with Crippen LogP contribution >= 0.6 is 11.3 Å². The number of hydrogen-bond acceptors (Lipinski definition) is 6. The first-order valence-electron chi connectivity index (χ1n) is 9.14. The van der Waals surface area contributed by atoms with Crippen LogP contribution in [0.5, 0.6) is 11.5 Å². The second kappa shape index (κ2) is 8.93. The minimum absolute atomic E-state index is 0.126. The molecule has 1 unspecified atom stereocenters. The van der Waals surface area contributed by atoms with Gasteiger partial charge in [-0.25, -0.2) is 8.42 Å². The van der Waals surface area contributed by atoms with Crippen molar-refractivity contribution >= 4 is 32.2 Å². The van der Waals surface area contributed by atoms with Crippen LogP contribution in [0.15, 0.2) is 47.8 Å². The molecule has 9 heteroatoms. The van der Waals surface area contributed by atoms with Crippen LogP contribution in [-0.4, -0.2) is 40.9 Å². The average Bonchev–Trinajstić information content (AvgIpc) is 3.16. The van der Waals surface area contributed by atoms with Crippen molar-refractivity contribution in [2.75, 3.05) is 31.8 Å². The van der Waals surface area contributed by atoms with Gasteiger partial charge in [0.1, 0.15) is 11.5 Å². The largest absolute Gasteiger partial charge is 0.497 e. The Morgan fingerprint density at radius 3 is 2.37 bits per heavy atom. The van der Waals surface area contributed by atoms with E-state index >= 15 is 0 Å². The highest BCUT2D eigenvalue weighted by Gasteiger charge is 2.20. The molecule has 1 atom stereocenters. The SMILES string of the molecule is COc1ccc(C(Cc2cc(N(C)S(C)(=O)=O)ccc2OC)c2csc([NH-])n2)cc1. The predicted molar refractivity (Wildman–Crippen MR) is 121 cm³/mol. The first kappa shape index (κ1) is 21.9. The van der Waals surface area contributed by atoms with E-state index in [0.29, 0.717) is 17.9 Å². The Balaban J connectivity index is 2.05. The molecule has 30 heavy (non-hydrogen) atoms. The minimum Gasteiger partial charge on any atom is -0.497 e. The third-order valence-corrected chi connectivity index (χ3v) is 6.83. The summed E-state index contributed by atoms with van der Waals surface area (Å²) in [6.07, 6.45) is 1.70. The number of nitrogens with one attached hydrogen (secondary N) is 1. The number of aromatic nitrogens is 1. The van der Waals surface area contributed by atoms with Gasteiger partial charge in [-0.2, -0.15) is 11.3 Å². The van der Waals surface area contributed by atoms with Crippen molar-refractivity contribution in [1.82, 2.24) is 4.98 Å². The van der Waals surface area contributed by atoms with Crippen molar-refractivity contribution in [2.45, 2.75) is 12.3 Å². The van der Waals surface area contributed by atoms with Gasteiger partial charge in [0.15, 0.2) is 0 Å². The standard InChI is InChI=1S/C21H24N3O4S2/c1-24(30(4,25)26)16-7-10-20(28-3)15(11-16)12-18(19-13-29-21(22)23-19)14-5-8-17(27-2)9-6-14/h5-11,13,18H,12H2,1-4H3,(H-,22,23)/q-1. The molecule has 0 aliphatic carbocycles. The Morgan fingerprint density at radius 1 is 1.13 bits per heavy atom. The van der Waals surface area contributed by atoms with Crippen molar-refractivity contribution in [3.63, 3.8) is 0 Å². The summed E-state index contributed by atoms with van der Waals surface area (Å²) in [5.41, 5.74) is 11.1. The van der Waals surface area contributed by atoms with Crippen LogP contribution in [0.3, 0.4) is 0 Å². The summed E-state index contributed by atoms with van der Waals surface area (Å²) in [6, 6.07) is 13.1. The lowest BCUT2D eigenvalue weighted by Gasteiger charge is -2.23. The fourth-order valence-electron chi connectivity index (χ4n) is 3.21. The van der Waals surface area contributed by atoms with Gasteiger partial charge in [-0.05, 0) is 64.1 Å². The zero-order valence-corrected chi connectivity index (χ0v) is 18.9. The summed E-state index contributed by atoms with van der Waals surface area (Å²) in [6.45, 7) is 0. The van der Waals surface area contributed by atoms with Crippen molar-refractivity contribution in [3.8, 4) is 11.5 Å². The molecular formula is C21H24N3O4S2-. The summed E-state index contributed by atoms with van der Waals surface area (Å²) in [4.78, 5) is 4.39. The van der Waals surface area contributed by atoms with Gasteiger partial charge in [0, 0.05) is 13.0 Å². The van der Waals surface area contributed by atoms with E-state index in [1.54, 1.807) is 26.4 Å². The molecule has 0 fully saturated rings. The molecule has 0 spiro atoms. The molecule has 160 valence electrons. The second-order valence-corrected chi connectivity index (χ2v) is 9.71. The number of ether oxygens (including phenoxy) is 2. The maximum atomic E-state index is 12.0. The van der Waals surface area contributed by atoms with Crippen LogP contribution in [0.4, 0.5) is 10.8 Å². The topological polar surface area (TPSA) is 92.5 Å². The van der Waals surface area contributed by atoms with Gasteiger partial charge in [-0.15, -0.1) is 0 Å². The zero-order chi connectivity index (χ0) is 21.9. The molecule has 3 rings (SSSR count). The maximum absolute atomic E-state index is 12.0. The van der Waals surface area contributed by atoms with Crippen LogP contribution in [-0.2, 0) is 16.4 Å². The Labute approximate surface area is 181 Å². The third-order valence-electron chi connectivity index (χ3n) is 4.95. The molecule has 1 N–H and O–H groups in total. The molecule has 0 radical (unpaired) electrons. The Bertz CT molecular complexity index is 1110. The highest BCUT2D eigenvalue weighted by molar-refractivity contribution is 7.92. The number of benzene rings is 2. The lowest BCUT2D eigenvalue weighted by molar-refractivity contribution is 0.408. The van der Waals surface area contributed by atoms with Crippen LogP contribution in [0, 0.1) is 0 Å². The molecule has 0 saturated heterocycles. The highest BCUT2D eigenvalue weighted by Crippen LogP contribution is 2.36. The van der Waals surface area contributed by atoms with E-state index < -0.39 is 10.0 Å². The summed E-state index contributed by atoms with van der Waals surface area (Å²) in [5, 5.41) is 2.14. The first-order chi connectivity index (χ1) is 14.2. The van der Waals surface area contributed by atoms with Gasteiger partial charge in [0.2, 0.25) is 10.0 Å². The van der Waals surface area contributed by atoms with Crippen molar-refractivity contribution < 1.29 is 17.9 Å². The Kier molecular flexibility index (Phi) is 6.52. The van der Waals surface area contributed by atoms with Gasteiger partial charge >= 0.3 is 0 Å². The summed E-state index contributed by atoms with van der Waals surface area (Å²) < 4.78 is 36.0. The van der Waals surface area contributed by atoms with Crippen LogP contribution in [0.1, 0.15) is 22.7 Å². The number of thiazole rings is 1. The van der Waals surface area contributed by atoms with Crippen LogP contribution in [0.2, 0.25) is 0 Å². The molecule has 7 nitrogen and oxygen atoms in total. The number of rotatable bonds is 8. The van der Waals surface area contributed by atoms with Crippen LogP contribution in [0.25, 0.3) is 5.73 Å².